The number of likely N-dealkylation sites (tertiary alicyclic amines) is 1. The average Bonchev–Trinajstić information content (AvgIpc) is 2.76. The van der Waals surface area contributed by atoms with Gasteiger partial charge in [-0.1, -0.05) is 13.8 Å². The number of carbonyl (C=O) groups is 1. The van der Waals surface area contributed by atoms with Gasteiger partial charge >= 0.3 is 0 Å². The van der Waals surface area contributed by atoms with Crippen molar-refractivity contribution in [2.24, 2.45) is 5.92 Å². The van der Waals surface area contributed by atoms with Crippen molar-refractivity contribution < 1.29 is 4.79 Å². The number of hydrogen-bond donors (Lipinski definition) is 2. The second-order valence-electron chi connectivity index (χ2n) is 5.95. The number of ketones is 1. The normalized spacial score (nSPS) is 17.4. The van der Waals surface area contributed by atoms with Gasteiger partial charge in [0.05, 0.1) is 15.5 Å². The maximum absolute atomic E-state index is 12.3. The minimum absolute atomic E-state index is 0.0168. The molecule has 0 saturated carbocycles. The number of anilines is 2. The van der Waals surface area contributed by atoms with Gasteiger partial charge < -0.3 is 16.0 Å². The Balaban J connectivity index is 2.19. The summed E-state index contributed by atoms with van der Waals surface area (Å²) in [6.07, 6.45) is 4.28. The van der Waals surface area contributed by atoms with E-state index in [0.29, 0.717) is 16.6 Å². The first-order valence-corrected chi connectivity index (χ1v) is 9.43. The van der Waals surface area contributed by atoms with Crippen molar-refractivity contribution in [2.75, 3.05) is 37.4 Å². The van der Waals surface area contributed by atoms with Gasteiger partial charge in [-0.2, -0.15) is 0 Å². The van der Waals surface area contributed by atoms with Gasteiger partial charge in [0, 0.05) is 12.0 Å². The molecule has 1 saturated heterocycles. The minimum Gasteiger partial charge on any atom is -0.396 e. The lowest BCUT2D eigenvalue weighted by Crippen LogP contribution is -2.36. The van der Waals surface area contributed by atoms with E-state index < -0.39 is 0 Å². The molecule has 0 bridgehead atoms. The van der Waals surface area contributed by atoms with Crippen LogP contribution < -0.4 is 11.1 Å². The highest BCUT2D eigenvalue weighted by Crippen LogP contribution is 2.43. The molecule has 6 heteroatoms. The Morgan fingerprint density at radius 1 is 1.43 bits per heavy atom. The minimum atomic E-state index is -0.0168. The molecule has 2 heterocycles. The Bertz CT molecular complexity index is 505. The lowest BCUT2D eigenvalue weighted by Gasteiger charge is -2.29. The molecule has 1 aliphatic heterocycles. The number of nitrogen functional groups attached to an aromatic ring is 1. The summed E-state index contributed by atoms with van der Waals surface area (Å²) in [6.45, 7) is 6.07. The van der Waals surface area contributed by atoms with Crippen LogP contribution in [0.15, 0.2) is 4.90 Å². The van der Waals surface area contributed by atoms with Crippen LogP contribution in [0.25, 0.3) is 0 Å². The van der Waals surface area contributed by atoms with E-state index in [4.69, 9.17) is 5.73 Å². The molecule has 4 nitrogen and oxygen atoms in total. The molecule has 1 aromatic rings. The molecule has 2 rings (SSSR count). The van der Waals surface area contributed by atoms with Gasteiger partial charge in [-0.05, 0) is 39.2 Å². The summed E-state index contributed by atoms with van der Waals surface area (Å²) in [6, 6.07) is 0.479. The van der Waals surface area contributed by atoms with Crippen LogP contribution in [0.4, 0.5) is 10.7 Å². The Morgan fingerprint density at radius 2 is 2.05 bits per heavy atom. The molecule has 1 fully saturated rings. The number of nitrogens with zero attached hydrogens (tertiary/aromatic N) is 1. The van der Waals surface area contributed by atoms with Crippen molar-refractivity contribution in [2.45, 2.75) is 37.6 Å². The molecule has 0 unspecified atom stereocenters. The van der Waals surface area contributed by atoms with E-state index in [0.717, 1.165) is 35.8 Å². The van der Waals surface area contributed by atoms with E-state index in [1.165, 1.54) is 11.3 Å². The molecule has 0 aromatic carbocycles. The number of carbonyl (C=O) groups excluding carboxylic acids is 1. The average molecular weight is 328 g/mol. The molecule has 0 atom stereocenters. The fourth-order valence-corrected chi connectivity index (χ4v) is 4.70. The quantitative estimate of drug-likeness (QED) is 0.641. The van der Waals surface area contributed by atoms with Crippen LogP contribution in [-0.4, -0.2) is 43.1 Å². The largest absolute Gasteiger partial charge is 0.396 e. The van der Waals surface area contributed by atoms with Gasteiger partial charge in [0.15, 0.2) is 5.78 Å². The zero-order valence-corrected chi connectivity index (χ0v) is 14.9. The third kappa shape index (κ3) is 3.73. The molecule has 0 amide bonds. The molecular formula is C15H25N3OS2. The fraction of sp³-hybridized carbons (Fsp3) is 0.667. The molecule has 1 aliphatic rings. The van der Waals surface area contributed by atoms with Crippen LogP contribution in [0.5, 0.6) is 0 Å². The number of rotatable bonds is 5. The zero-order chi connectivity index (χ0) is 15.6. The molecule has 3 N–H and O–H groups in total. The molecule has 118 valence electrons. The van der Waals surface area contributed by atoms with Crippen molar-refractivity contribution in [1.82, 2.24) is 4.90 Å². The second kappa shape index (κ2) is 7.03. The predicted molar refractivity (Wildman–Crippen MR) is 93.8 cm³/mol. The molecule has 21 heavy (non-hydrogen) atoms. The summed E-state index contributed by atoms with van der Waals surface area (Å²) in [5.41, 5.74) is 6.86. The number of nitrogens with two attached hydrogens (primary N) is 1. The molecule has 1 aromatic heterocycles. The molecule has 0 aliphatic carbocycles. The number of thiophene rings is 1. The topological polar surface area (TPSA) is 58.4 Å². The number of thioether (sulfide) groups is 1. The first-order chi connectivity index (χ1) is 9.93. The number of nitrogens with one attached hydrogen (secondary N) is 1. The number of hydrogen-bond acceptors (Lipinski definition) is 6. The highest BCUT2D eigenvalue weighted by molar-refractivity contribution is 7.99. The van der Waals surface area contributed by atoms with E-state index in [2.05, 4.69) is 17.3 Å². The lowest BCUT2D eigenvalue weighted by atomic mass is 10.1. The summed E-state index contributed by atoms with van der Waals surface area (Å²) in [5.74, 6) is 0.126. The van der Waals surface area contributed by atoms with Gasteiger partial charge in [-0.3, -0.25) is 4.79 Å². The molecule has 0 spiro atoms. The summed E-state index contributed by atoms with van der Waals surface area (Å²) < 4.78 is 0. The summed E-state index contributed by atoms with van der Waals surface area (Å²) >= 11 is 3.14. The van der Waals surface area contributed by atoms with Crippen molar-refractivity contribution >= 4 is 39.6 Å². The molecular weight excluding hydrogens is 302 g/mol. The van der Waals surface area contributed by atoms with Crippen LogP contribution >= 0.6 is 23.1 Å². The Labute approximate surface area is 135 Å². The van der Waals surface area contributed by atoms with Crippen LogP contribution in [0, 0.1) is 5.92 Å². The standard InChI is InChI=1S/C15H25N3OS2/c1-9(2)12(19)13-11(16)14(20-4)15(21-13)17-10-5-7-18(3)8-6-10/h9-10,17H,5-8,16H2,1-4H3. The summed E-state index contributed by atoms with van der Waals surface area (Å²) in [7, 11) is 2.16. The third-order valence-corrected chi connectivity index (χ3v) is 6.02. The van der Waals surface area contributed by atoms with E-state index in [9.17, 15) is 4.79 Å². The van der Waals surface area contributed by atoms with Gasteiger partial charge in [0.25, 0.3) is 0 Å². The smallest absolute Gasteiger partial charge is 0.177 e. The summed E-state index contributed by atoms with van der Waals surface area (Å²) in [5, 5.41) is 4.68. The zero-order valence-electron chi connectivity index (χ0n) is 13.2. The highest BCUT2D eigenvalue weighted by Gasteiger charge is 2.24. The first-order valence-electron chi connectivity index (χ1n) is 7.39. The Morgan fingerprint density at radius 3 is 2.57 bits per heavy atom. The Kier molecular flexibility index (Phi) is 5.57. The number of Topliss-reactive ketones (excluding diaryl/α,β-unsaturated/α-hetero) is 1. The van der Waals surface area contributed by atoms with Gasteiger partial charge in [-0.15, -0.1) is 23.1 Å². The first kappa shape index (κ1) is 16.6. The van der Waals surface area contributed by atoms with Crippen molar-refractivity contribution in [3.05, 3.63) is 4.88 Å². The maximum atomic E-state index is 12.3. The SMILES string of the molecule is CSc1c(NC2CCN(C)CC2)sc(C(=O)C(C)C)c1N. The fourth-order valence-electron chi connectivity index (χ4n) is 2.51. The van der Waals surface area contributed by atoms with Crippen molar-refractivity contribution in [3.8, 4) is 0 Å². The van der Waals surface area contributed by atoms with Crippen LogP contribution in [0.3, 0.4) is 0 Å². The number of piperidine rings is 1. The lowest BCUT2D eigenvalue weighted by molar-refractivity contribution is 0.0944. The summed E-state index contributed by atoms with van der Waals surface area (Å²) in [4.78, 5) is 16.4. The van der Waals surface area contributed by atoms with E-state index in [1.54, 1.807) is 11.8 Å². The van der Waals surface area contributed by atoms with Gasteiger partial charge in [0.1, 0.15) is 5.00 Å². The van der Waals surface area contributed by atoms with Crippen LogP contribution in [0.2, 0.25) is 0 Å². The Hall–Kier alpha value is -0.720. The van der Waals surface area contributed by atoms with Crippen molar-refractivity contribution in [1.29, 1.82) is 0 Å². The monoisotopic (exact) mass is 327 g/mol. The third-order valence-electron chi connectivity index (χ3n) is 3.91. The van der Waals surface area contributed by atoms with Crippen LogP contribution in [-0.2, 0) is 0 Å². The second-order valence-corrected chi connectivity index (χ2v) is 7.79. The van der Waals surface area contributed by atoms with E-state index >= 15 is 0 Å². The van der Waals surface area contributed by atoms with Gasteiger partial charge in [0.2, 0.25) is 0 Å². The van der Waals surface area contributed by atoms with Crippen LogP contribution in [0.1, 0.15) is 36.4 Å². The predicted octanol–water partition coefficient (Wildman–Crippen LogP) is 3.40. The van der Waals surface area contributed by atoms with Crippen molar-refractivity contribution in [3.63, 3.8) is 0 Å². The van der Waals surface area contributed by atoms with E-state index in [-0.39, 0.29) is 11.7 Å². The highest BCUT2D eigenvalue weighted by atomic mass is 32.2. The van der Waals surface area contributed by atoms with Gasteiger partial charge in [-0.25, -0.2) is 0 Å². The van der Waals surface area contributed by atoms with E-state index in [1.807, 2.05) is 20.1 Å². The maximum Gasteiger partial charge on any atom is 0.177 e. The molecule has 0 radical (unpaired) electrons.